The molecule has 0 saturated heterocycles. The van der Waals surface area contributed by atoms with E-state index in [1.54, 1.807) is 24.8 Å². The summed E-state index contributed by atoms with van der Waals surface area (Å²) in [6, 6.07) is 7.25. The van der Waals surface area contributed by atoms with Crippen molar-refractivity contribution in [2.45, 2.75) is 32.5 Å². The first-order valence-corrected chi connectivity index (χ1v) is 8.30. The zero-order chi connectivity index (χ0) is 18.0. The molecule has 1 aliphatic heterocycles. The smallest absolute Gasteiger partial charge is 0.256 e. The normalized spacial score (nSPS) is 14.3. The number of nitrogens with one attached hydrogen (secondary N) is 1. The van der Waals surface area contributed by atoms with E-state index in [0.29, 0.717) is 49.1 Å². The van der Waals surface area contributed by atoms with Gasteiger partial charge in [-0.05, 0) is 26.0 Å². The van der Waals surface area contributed by atoms with Crippen molar-refractivity contribution >= 4 is 11.6 Å². The molecule has 2 aromatic rings. The molecule has 0 aliphatic carbocycles. The van der Waals surface area contributed by atoms with Crippen LogP contribution in [0.2, 0.25) is 0 Å². The number of aliphatic hydroxyl groups excluding tert-OH is 1. The standard InChI is InChI=1S/C17H23N5O3/c1-17(2,25)16-20-19-14-11-21(8-9-22(14)16)15(24)12-5-3-4-6-13(12)18-7-10-23/h3-6,18,23,25H,7-11H2,1-2H3. The highest BCUT2D eigenvalue weighted by molar-refractivity contribution is 5.99. The lowest BCUT2D eigenvalue weighted by molar-refractivity contribution is 0.0589. The summed E-state index contributed by atoms with van der Waals surface area (Å²) < 4.78 is 1.87. The van der Waals surface area contributed by atoms with E-state index in [1.165, 1.54) is 0 Å². The molecule has 0 radical (unpaired) electrons. The van der Waals surface area contributed by atoms with Gasteiger partial charge in [-0.2, -0.15) is 0 Å². The average molecular weight is 345 g/mol. The van der Waals surface area contributed by atoms with E-state index in [0.717, 1.165) is 0 Å². The zero-order valence-corrected chi connectivity index (χ0v) is 14.4. The quantitative estimate of drug-likeness (QED) is 0.732. The molecule has 2 heterocycles. The lowest BCUT2D eigenvalue weighted by atomic mass is 10.1. The van der Waals surface area contributed by atoms with Crippen LogP contribution in [0.5, 0.6) is 0 Å². The van der Waals surface area contributed by atoms with E-state index < -0.39 is 5.60 Å². The van der Waals surface area contributed by atoms with E-state index in [1.807, 2.05) is 22.8 Å². The zero-order valence-electron chi connectivity index (χ0n) is 14.4. The van der Waals surface area contributed by atoms with Gasteiger partial charge in [0.25, 0.3) is 5.91 Å². The predicted octanol–water partition coefficient (Wildman–Crippen LogP) is 0.566. The van der Waals surface area contributed by atoms with Crippen LogP contribution in [-0.4, -0.2) is 55.5 Å². The molecule has 1 aliphatic rings. The van der Waals surface area contributed by atoms with Gasteiger partial charge in [-0.3, -0.25) is 4.79 Å². The Morgan fingerprint density at radius 2 is 2.04 bits per heavy atom. The Morgan fingerprint density at radius 1 is 1.28 bits per heavy atom. The van der Waals surface area contributed by atoms with Gasteiger partial charge in [-0.15, -0.1) is 10.2 Å². The maximum Gasteiger partial charge on any atom is 0.256 e. The Balaban J connectivity index is 1.81. The predicted molar refractivity (Wildman–Crippen MR) is 92.0 cm³/mol. The minimum absolute atomic E-state index is 0.00489. The van der Waals surface area contributed by atoms with Crippen LogP contribution in [0, 0.1) is 0 Å². The first kappa shape index (κ1) is 17.4. The molecule has 25 heavy (non-hydrogen) atoms. The molecule has 0 bridgehead atoms. The topological polar surface area (TPSA) is 104 Å². The van der Waals surface area contributed by atoms with E-state index in [2.05, 4.69) is 15.5 Å². The number of benzene rings is 1. The summed E-state index contributed by atoms with van der Waals surface area (Å²) in [4.78, 5) is 14.6. The Kier molecular flexibility index (Phi) is 4.73. The summed E-state index contributed by atoms with van der Waals surface area (Å²) in [5.41, 5.74) is 0.190. The van der Waals surface area contributed by atoms with Gasteiger partial charge < -0.3 is 25.0 Å². The van der Waals surface area contributed by atoms with Crippen LogP contribution in [-0.2, 0) is 18.7 Å². The maximum absolute atomic E-state index is 12.9. The number of carbonyl (C=O) groups is 1. The molecule has 134 valence electrons. The molecule has 0 atom stereocenters. The molecule has 0 saturated carbocycles. The fraction of sp³-hybridized carbons (Fsp3) is 0.471. The van der Waals surface area contributed by atoms with Crippen molar-refractivity contribution in [1.29, 1.82) is 0 Å². The van der Waals surface area contributed by atoms with E-state index in [4.69, 9.17) is 5.11 Å². The second-order valence-electron chi connectivity index (χ2n) is 6.57. The third kappa shape index (κ3) is 3.49. The van der Waals surface area contributed by atoms with Gasteiger partial charge >= 0.3 is 0 Å². The van der Waals surface area contributed by atoms with Crippen LogP contribution in [0.15, 0.2) is 24.3 Å². The molecule has 3 rings (SSSR count). The number of rotatable bonds is 5. The number of carbonyl (C=O) groups excluding carboxylic acids is 1. The van der Waals surface area contributed by atoms with Gasteiger partial charge in [-0.1, -0.05) is 12.1 Å². The molecule has 1 aromatic carbocycles. The molecule has 0 fully saturated rings. The number of hydrogen-bond acceptors (Lipinski definition) is 6. The molecule has 0 spiro atoms. The van der Waals surface area contributed by atoms with Crippen molar-refractivity contribution in [2.24, 2.45) is 0 Å². The summed E-state index contributed by atoms with van der Waals surface area (Å²) >= 11 is 0. The SMILES string of the molecule is CC(C)(O)c1nnc2n1CCN(C(=O)c1ccccc1NCCO)C2. The van der Waals surface area contributed by atoms with Crippen LogP contribution < -0.4 is 5.32 Å². The van der Waals surface area contributed by atoms with Crippen LogP contribution in [0.1, 0.15) is 35.9 Å². The second kappa shape index (κ2) is 6.81. The lowest BCUT2D eigenvalue weighted by Gasteiger charge is -2.30. The minimum Gasteiger partial charge on any atom is -0.395 e. The van der Waals surface area contributed by atoms with Gasteiger partial charge in [0.05, 0.1) is 18.7 Å². The average Bonchev–Trinajstić information content (AvgIpc) is 3.03. The molecule has 1 amide bonds. The van der Waals surface area contributed by atoms with Gasteiger partial charge in [0.1, 0.15) is 5.60 Å². The monoisotopic (exact) mass is 345 g/mol. The minimum atomic E-state index is -1.07. The Labute approximate surface area is 146 Å². The van der Waals surface area contributed by atoms with Gasteiger partial charge in [0.2, 0.25) is 0 Å². The summed E-state index contributed by atoms with van der Waals surface area (Å²) in [5.74, 6) is 1.08. The summed E-state index contributed by atoms with van der Waals surface area (Å²) in [6.07, 6.45) is 0. The van der Waals surface area contributed by atoms with Gasteiger partial charge in [0, 0.05) is 25.3 Å². The van der Waals surface area contributed by atoms with Crippen molar-refractivity contribution in [3.05, 3.63) is 41.5 Å². The summed E-state index contributed by atoms with van der Waals surface area (Å²) in [6.45, 7) is 5.12. The highest BCUT2D eigenvalue weighted by Crippen LogP contribution is 2.24. The van der Waals surface area contributed by atoms with Crippen LogP contribution in [0.4, 0.5) is 5.69 Å². The Morgan fingerprint density at radius 3 is 2.76 bits per heavy atom. The number of anilines is 1. The van der Waals surface area contributed by atoms with Gasteiger partial charge in [0.15, 0.2) is 11.6 Å². The van der Waals surface area contributed by atoms with Crippen molar-refractivity contribution in [1.82, 2.24) is 19.7 Å². The highest BCUT2D eigenvalue weighted by Gasteiger charge is 2.31. The van der Waals surface area contributed by atoms with Crippen molar-refractivity contribution < 1.29 is 15.0 Å². The molecule has 0 unspecified atom stereocenters. The second-order valence-corrected chi connectivity index (χ2v) is 6.57. The number of para-hydroxylation sites is 1. The molecule has 1 aromatic heterocycles. The van der Waals surface area contributed by atoms with Crippen molar-refractivity contribution in [2.75, 3.05) is 25.0 Å². The third-order valence-electron chi connectivity index (χ3n) is 4.17. The van der Waals surface area contributed by atoms with E-state index in [9.17, 15) is 9.90 Å². The van der Waals surface area contributed by atoms with Crippen LogP contribution >= 0.6 is 0 Å². The molecule has 8 heteroatoms. The molecular formula is C17H23N5O3. The number of aromatic nitrogens is 3. The number of amides is 1. The first-order valence-electron chi connectivity index (χ1n) is 8.30. The fourth-order valence-electron chi connectivity index (χ4n) is 2.97. The third-order valence-corrected chi connectivity index (χ3v) is 4.17. The van der Waals surface area contributed by atoms with Crippen LogP contribution in [0.25, 0.3) is 0 Å². The number of nitrogens with zero attached hydrogens (tertiary/aromatic N) is 4. The molecular weight excluding hydrogens is 322 g/mol. The van der Waals surface area contributed by atoms with Crippen molar-refractivity contribution in [3.8, 4) is 0 Å². The highest BCUT2D eigenvalue weighted by atomic mass is 16.3. The first-order chi connectivity index (χ1) is 11.9. The summed E-state index contributed by atoms with van der Waals surface area (Å²) in [7, 11) is 0. The Hall–Kier alpha value is -2.45. The van der Waals surface area contributed by atoms with Crippen LogP contribution in [0.3, 0.4) is 0 Å². The van der Waals surface area contributed by atoms with Gasteiger partial charge in [-0.25, -0.2) is 0 Å². The number of aliphatic hydroxyl groups is 2. The van der Waals surface area contributed by atoms with E-state index >= 15 is 0 Å². The molecule has 3 N–H and O–H groups in total. The lowest BCUT2D eigenvalue weighted by Crippen LogP contribution is -2.40. The van der Waals surface area contributed by atoms with Crippen molar-refractivity contribution in [3.63, 3.8) is 0 Å². The summed E-state index contributed by atoms with van der Waals surface area (Å²) in [5, 5.41) is 30.4. The largest absolute Gasteiger partial charge is 0.395 e. The number of hydrogen-bond donors (Lipinski definition) is 3. The Bertz CT molecular complexity index is 766. The fourth-order valence-corrected chi connectivity index (χ4v) is 2.97. The number of fused-ring (bicyclic) bond motifs is 1. The maximum atomic E-state index is 12.9. The van der Waals surface area contributed by atoms with E-state index in [-0.39, 0.29) is 12.5 Å². The molecule has 8 nitrogen and oxygen atoms in total.